The third-order valence-electron chi connectivity index (χ3n) is 6.63. The van der Waals surface area contributed by atoms with Gasteiger partial charge in [-0.25, -0.2) is 4.99 Å². The van der Waals surface area contributed by atoms with Gasteiger partial charge in [0.25, 0.3) is 0 Å². The first kappa shape index (κ1) is 24.4. The van der Waals surface area contributed by atoms with E-state index in [0.717, 1.165) is 29.1 Å². The van der Waals surface area contributed by atoms with E-state index < -0.39 is 0 Å². The van der Waals surface area contributed by atoms with Crippen molar-refractivity contribution in [3.8, 4) is 0 Å². The highest BCUT2D eigenvalue weighted by molar-refractivity contribution is 6.37. The second-order valence-corrected chi connectivity index (χ2v) is 9.81. The Balaban J connectivity index is 1.42. The molecule has 1 heterocycles. The molecule has 7 heteroatoms. The van der Waals surface area contributed by atoms with E-state index in [1.54, 1.807) is 4.68 Å². The average molecular weight is 520 g/mol. The molecule has 36 heavy (non-hydrogen) atoms. The van der Waals surface area contributed by atoms with Gasteiger partial charge in [0.15, 0.2) is 0 Å². The van der Waals surface area contributed by atoms with Gasteiger partial charge in [0.05, 0.1) is 35.8 Å². The summed E-state index contributed by atoms with van der Waals surface area (Å²) in [5.41, 5.74) is 4.56. The number of aliphatic imine (C=N–C) groups is 1. The molecular formula is C29H29Cl2N4O+. The summed E-state index contributed by atoms with van der Waals surface area (Å²) in [6.45, 7) is 1.25. The number of allylic oxidation sites excluding steroid dienone is 5. The Morgan fingerprint density at radius 3 is 2.33 bits per heavy atom. The minimum absolute atomic E-state index is 0.113. The highest BCUT2D eigenvalue weighted by Crippen LogP contribution is 2.28. The predicted molar refractivity (Wildman–Crippen MR) is 148 cm³/mol. The van der Waals surface area contributed by atoms with Gasteiger partial charge in [0.1, 0.15) is 6.61 Å². The first-order valence-corrected chi connectivity index (χ1v) is 12.9. The van der Waals surface area contributed by atoms with Crippen LogP contribution >= 0.6 is 23.6 Å². The van der Waals surface area contributed by atoms with Crippen LogP contribution in [0.15, 0.2) is 108 Å². The number of benzene rings is 2. The standard InChI is InChI=1S/C29H29Cl2N4O/c1-33-20-21-36-29(28(33)32-26-16-12-24(13-17-26)22-8-4-2-5-9-22)34(35(30)31)27-18-14-25(15-19-27)23-10-6-3-7-11-23/h2-12,14-18,24,27H,13,19-21H2,1H3/q+1/b32-28?,34-29+. The number of ether oxygens (including phenoxy) is 1. The molecule has 2 unspecified atom stereocenters. The maximum absolute atomic E-state index is 6.37. The Kier molecular flexibility index (Phi) is 7.59. The van der Waals surface area contributed by atoms with E-state index in [2.05, 4.69) is 77.8 Å². The molecule has 2 aromatic carbocycles. The van der Waals surface area contributed by atoms with Crippen molar-refractivity contribution in [1.82, 2.24) is 8.95 Å². The van der Waals surface area contributed by atoms with E-state index >= 15 is 0 Å². The minimum Gasteiger partial charge on any atom is -0.438 e. The molecule has 1 aliphatic heterocycles. The van der Waals surface area contributed by atoms with Crippen LogP contribution in [0.1, 0.15) is 29.9 Å². The van der Waals surface area contributed by atoms with Crippen LogP contribution in [-0.2, 0) is 4.74 Å². The van der Waals surface area contributed by atoms with Gasteiger partial charge < -0.3 is 9.64 Å². The third kappa shape index (κ3) is 5.43. The second-order valence-electron chi connectivity index (χ2n) is 9.00. The van der Waals surface area contributed by atoms with Crippen molar-refractivity contribution in [1.29, 1.82) is 0 Å². The molecule has 2 aromatic rings. The number of hydrogen-bond acceptors (Lipinski definition) is 3. The largest absolute Gasteiger partial charge is 0.438 e. The van der Waals surface area contributed by atoms with Crippen LogP contribution in [0.3, 0.4) is 0 Å². The second kappa shape index (κ2) is 11.2. The van der Waals surface area contributed by atoms with Crippen molar-refractivity contribution in [2.45, 2.75) is 24.8 Å². The SMILES string of the molecule is CN1CCO/C(=[N+](\C2C=CC(c3ccccc3)=CC2)N(Cl)Cl)C1=NC1=CCC(c2ccccc2)C=C1. The Bertz CT molecular complexity index is 1260. The number of amidine groups is 1. The molecule has 1 fully saturated rings. The number of hydrazine groups is 1. The van der Waals surface area contributed by atoms with Gasteiger partial charge in [0.2, 0.25) is 11.9 Å². The van der Waals surface area contributed by atoms with Gasteiger partial charge in [-0.05, 0) is 40.0 Å². The molecule has 0 aromatic heterocycles. The summed E-state index contributed by atoms with van der Waals surface area (Å²) in [7, 11) is 2.01. The van der Waals surface area contributed by atoms with Gasteiger partial charge in [-0.15, -0.1) is 0 Å². The van der Waals surface area contributed by atoms with Crippen LogP contribution in [0.4, 0.5) is 0 Å². The zero-order valence-corrected chi connectivity index (χ0v) is 21.7. The molecule has 5 rings (SSSR count). The number of morpholine rings is 1. The number of hydrazone groups is 1. The highest BCUT2D eigenvalue weighted by Gasteiger charge is 2.38. The predicted octanol–water partition coefficient (Wildman–Crippen LogP) is 6.32. The lowest BCUT2D eigenvalue weighted by Crippen LogP contribution is -2.50. The summed E-state index contributed by atoms with van der Waals surface area (Å²) in [5, 5.41) is 0. The molecule has 0 bridgehead atoms. The quantitative estimate of drug-likeness (QED) is 0.263. The van der Waals surface area contributed by atoms with Crippen molar-refractivity contribution in [2.24, 2.45) is 4.99 Å². The van der Waals surface area contributed by atoms with Gasteiger partial charge in [-0.1, -0.05) is 85.0 Å². The smallest absolute Gasteiger partial charge is 0.438 e. The van der Waals surface area contributed by atoms with E-state index in [4.69, 9.17) is 33.3 Å². The first-order chi connectivity index (χ1) is 17.6. The van der Waals surface area contributed by atoms with Crippen LogP contribution in [-0.4, -0.2) is 51.6 Å². The van der Waals surface area contributed by atoms with Crippen molar-refractivity contribution in [3.05, 3.63) is 114 Å². The molecule has 184 valence electrons. The fourth-order valence-corrected chi connectivity index (χ4v) is 5.00. The lowest BCUT2D eigenvalue weighted by atomic mass is 9.92. The summed E-state index contributed by atoms with van der Waals surface area (Å²) in [5.74, 6) is 1.60. The average Bonchev–Trinajstić information content (AvgIpc) is 2.92. The molecular weight excluding hydrogens is 491 g/mol. The lowest BCUT2D eigenvalue weighted by Gasteiger charge is -2.27. The molecule has 0 N–H and O–H groups in total. The molecule has 0 saturated carbocycles. The van der Waals surface area contributed by atoms with Gasteiger partial charge in [-0.2, -0.15) is 0 Å². The Morgan fingerprint density at radius 1 is 0.944 bits per heavy atom. The molecule has 0 amide bonds. The maximum Gasteiger partial charge on any atom is 0.438 e. The van der Waals surface area contributed by atoms with Crippen molar-refractivity contribution in [2.75, 3.05) is 20.2 Å². The van der Waals surface area contributed by atoms with E-state index in [9.17, 15) is 0 Å². The lowest BCUT2D eigenvalue weighted by molar-refractivity contribution is -0.658. The Morgan fingerprint density at radius 2 is 1.69 bits per heavy atom. The summed E-state index contributed by atoms with van der Waals surface area (Å²) in [6, 6.07) is 20.7. The highest BCUT2D eigenvalue weighted by atomic mass is 35.5. The zero-order chi connectivity index (χ0) is 24.9. The molecule has 3 aliphatic rings. The monoisotopic (exact) mass is 519 g/mol. The fourth-order valence-electron chi connectivity index (χ4n) is 4.64. The molecule has 2 atom stereocenters. The summed E-state index contributed by atoms with van der Waals surface area (Å²) >= 11 is 12.7. The fraction of sp³-hybridized carbons (Fsp3) is 0.241. The topological polar surface area (TPSA) is 31.1 Å². The van der Waals surface area contributed by atoms with E-state index in [-0.39, 0.29) is 6.04 Å². The van der Waals surface area contributed by atoms with Crippen molar-refractivity contribution >= 4 is 40.9 Å². The zero-order valence-electron chi connectivity index (χ0n) is 20.2. The van der Waals surface area contributed by atoms with E-state index in [1.165, 1.54) is 16.7 Å². The number of hydrogen-bond donors (Lipinski definition) is 0. The van der Waals surface area contributed by atoms with E-state index in [0.29, 0.717) is 24.3 Å². The minimum atomic E-state index is -0.113. The number of nitrogens with zero attached hydrogens (tertiary/aromatic N) is 4. The maximum atomic E-state index is 6.37. The van der Waals surface area contributed by atoms with Crippen LogP contribution in [0, 0.1) is 0 Å². The Hall–Kier alpha value is -3.28. The van der Waals surface area contributed by atoms with Crippen LogP contribution < -0.4 is 0 Å². The van der Waals surface area contributed by atoms with Crippen LogP contribution in [0.5, 0.6) is 0 Å². The first-order valence-electron chi connectivity index (χ1n) is 12.2. The van der Waals surface area contributed by atoms with Crippen LogP contribution in [0.2, 0.25) is 0 Å². The van der Waals surface area contributed by atoms with Gasteiger partial charge in [0, 0.05) is 23.4 Å². The Labute approximate surface area is 222 Å². The number of rotatable bonds is 5. The van der Waals surface area contributed by atoms with Gasteiger partial charge in [-0.3, -0.25) is 0 Å². The van der Waals surface area contributed by atoms with Crippen LogP contribution in [0.25, 0.3) is 5.57 Å². The van der Waals surface area contributed by atoms with Gasteiger partial charge >= 0.3 is 5.90 Å². The molecule has 0 radical (unpaired) electrons. The normalized spacial score (nSPS) is 24.2. The molecule has 2 aliphatic carbocycles. The third-order valence-corrected chi connectivity index (χ3v) is 6.96. The number of halogens is 2. The number of likely N-dealkylation sites (N-methyl/N-ethyl adjacent to an activating group) is 1. The van der Waals surface area contributed by atoms with Crippen molar-refractivity contribution < 1.29 is 9.42 Å². The summed E-state index contributed by atoms with van der Waals surface area (Å²) in [4.78, 5) is 7.06. The molecule has 5 nitrogen and oxygen atoms in total. The summed E-state index contributed by atoms with van der Waals surface area (Å²) in [6.07, 6.45) is 14.5. The van der Waals surface area contributed by atoms with Crippen molar-refractivity contribution in [3.63, 3.8) is 0 Å². The molecule has 1 saturated heterocycles. The van der Waals surface area contributed by atoms with E-state index in [1.807, 2.05) is 31.3 Å². The summed E-state index contributed by atoms with van der Waals surface area (Å²) < 4.78 is 8.94. The molecule has 0 spiro atoms.